The summed E-state index contributed by atoms with van der Waals surface area (Å²) in [5.74, 6) is 2.86. The van der Waals surface area contributed by atoms with Crippen LogP contribution in [0.3, 0.4) is 0 Å². The standard InChI is InChI=1S/2C13H12O2.C10H12O2.2C3H8.CH4/c2*1-2-6-12-10(4-1)5-3-7-13(12)15-9-11-8-14-11;1-8-4-2-3-5-10(8)12-7-9-6-11-9;2*1-3-2;/h2*1-7,11H,8-9H2;2-5,9H,6-7H2,1H3;2*3H2,1-2H3;1H4. The Morgan fingerprint density at radius 3 is 1.16 bits per heavy atom. The highest BCUT2D eigenvalue weighted by Gasteiger charge is 2.24. The highest BCUT2D eigenvalue weighted by atomic mass is 16.6. The van der Waals surface area contributed by atoms with Crippen LogP contribution >= 0.6 is 0 Å². The van der Waals surface area contributed by atoms with Crippen LogP contribution in [0.2, 0.25) is 0 Å². The van der Waals surface area contributed by atoms with Gasteiger partial charge in [-0.05, 0) is 41.5 Å². The zero-order chi connectivity index (χ0) is 34.0. The third kappa shape index (κ3) is 14.5. The van der Waals surface area contributed by atoms with Gasteiger partial charge in [0, 0.05) is 10.8 Å². The molecule has 0 spiro atoms. The van der Waals surface area contributed by atoms with Crippen LogP contribution in [-0.2, 0) is 14.2 Å². The average Bonchev–Trinajstić information content (AvgIpc) is 3.97. The van der Waals surface area contributed by atoms with Crippen LogP contribution in [0.1, 0.15) is 53.5 Å². The summed E-state index contributed by atoms with van der Waals surface area (Å²) in [6, 6.07) is 36.7. The smallest absolute Gasteiger partial charge is 0.127 e. The quantitative estimate of drug-likeness (QED) is 0.146. The van der Waals surface area contributed by atoms with Crippen molar-refractivity contribution >= 4 is 21.5 Å². The first-order chi connectivity index (χ1) is 23.6. The second-order valence-corrected chi connectivity index (χ2v) is 11.9. The second-order valence-electron chi connectivity index (χ2n) is 11.9. The molecule has 264 valence electrons. The van der Waals surface area contributed by atoms with Crippen molar-refractivity contribution in [3.05, 3.63) is 115 Å². The molecule has 3 fully saturated rings. The van der Waals surface area contributed by atoms with Crippen LogP contribution in [0.4, 0.5) is 0 Å². The zero-order valence-corrected chi connectivity index (χ0v) is 29.2. The summed E-state index contributed by atoms with van der Waals surface area (Å²) in [6.07, 6.45) is 3.46. The van der Waals surface area contributed by atoms with Crippen molar-refractivity contribution in [2.75, 3.05) is 39.6 Å². The molecular weight excluding hydrogens is 612 g/mol. The van der Waals surface area contributed by atoms with Crippen LogP contribution in [0.25, 0.3) is 21.5 Å². The van der Waals surface area contributed by atoms with Gasteiger partial charge in [-0.3, -0.25) is 0 Å². The number of para-hydroxylation sites is 1. The van der Waals surface area contributed by atoms with E-state index in [1.807, 2.05) is 79.7 Å². The maximum atomic E-state index is 5.72. The molecule has 0 bridgehead atoms. The van der Waals surface area contributed by atoms with Gasteiger partial charge in [-0.1, -0.05) is 139 Å². The predicted octanol–water partition coefficient (Wildman–Crippen LogP) is 10.5. The number of ether oxygens (including phenoxy) is 6. The van der Waals surface area contributed by atoms with Crippen molar-refractivity contribution < 1.29 is 28.4 Å². The maximum absolute atomic E-state index is 5.72. The molecule has 0 aromatic heterocycles. The van der Waals surface area contributed by atoms with Gasteiger partial charge < -0.3 is 28.4 Å². The molecule has 0 amide bonds. The summed E-state index contributed by atoms with van der Waals surface area (Å²) < 4.78 is 32.3. The van der Waals surface area contributed by atoms with Gasteiger partial charge in [0.1, 0.15) is 55.4 Å². The van der Waals surface area contributed by atoms with E-state index < -0.39 is 0 Å². The van der Waals surface area contributed by atoms with Gasteiger partial charge in [0.05, 0.1) is 19.8 Å². The Morgan fingerprint density at radius 1 is 0.469 bits per heavy atom. The summed E-state index contributed by atoms with van der Waals surface area (Å²) in [5.41, 5.74) is 1.18. The number of epoxide rings is 3. The van der Waals surface area contributed by atoms with E-state index in [1.165, 1.54) is 39.9 Å². The van der Waals surface area contributed by atoms with E-state index >= 15 is 0 Å². The van der Waals surface area contributed by atoms with E-state index in [4.69, 9.17) is 28.4 Å². The fourth-order valence-electron chi connectivity index (χ4n) is 4.40. The number of hydrogen-bond acceptors (Lipinski definition) is 6. The second kappa shape index (κ2) is 21.8. The number of benzene rings is 5. The minimum Gasteiger partial charge on any atom is -0.491 e. The van der Waals surface area contributed by atoms with E-state index in [2.05, 4.69) is 64.1 Å². The Balaban J connectivity index is 0.000000183. The first kappa shape index (κ1) is 39.3. The lowest BCUT2D eigenvalue weighted by Crippen LogP contribution is -2.04. The highest BCUT2D eigenvalue weighted by molar-refractivity contribution is 5.88. The van der Waals surface area contributed by atoms with Crippen LogP contribution in [0.5, 0.6) is 17.2 Å². The third-order valence-electron chi connectivity index (χ3n) is 7.07. The number of fused-ring (bicyclic) bond motifs is 2. The van der Waals surface area contributed by atoms with Gasteiger partial charge in [-0.25, -0.2) is 0 Å². The van der Waals surface area contributed by atoms with Gasteiger partial charge in [0.2, 0.25) is 0 Å². The van der Waals surface area contributed by atoms with E-state index in [0.717, 1.165) is 37.1 Å². The number of aryl methyl sites for hydroxylation is 1. The molecule has 0 aliphatic carbocycles. The van der Waals surface area contributed by atoms with Crippen LogP contribution in [-0.4, -0.2) is 58.0 Å². The molecule has 5 aromatic rings. The fraction of sp³-hybridized carbons (Fsp3) is 0.395. The zero-order valence-electron chi connectivity index (χ0n) is 29.2. The first-order valence-corrected chi connectivity index (χ1v) is 17.3. The summed E-state index contributed by atoms with van der Waals surface area (Å²) in [7, 11) is 0. The molecule has 0 N–H and O–H groups in total. The minimum absolute atomic E-state index is 0. The molecule has 0 saturated carbocycles. The Labute approximate surface area is 294 Å². The highest BCUT2D eigenvalue weighted by Crippen LogP contribution is 2.27. The van der Waals surface area contributed by atoms with E-state index in [0.29, 0.717) is 38.1 Å². The molecule has 3 atom stereocenters. The molecule has 3 aliphatic heterocycles. The Hall–Kier alpha value is -4.10. The van der Waals surface area contributed by atoms with Gasteiger partial charge in [-0.15, -0.1) is 0 Å². The lowest BCUT2D eigenvalue weighted by molar-refractivity contribution is 0.262. The largest absolute Gasteiger partial charge is 0.491 e. The van der Waals surface area contributed by atoms with Crippen LogP contribution < -0.4 is 14.2 Å². The minimum atomic E-state index is 0. The first-order valence-electron chi connectivity index (χ1n) is 17.3. The van der Waals surface area contributed by atoms with Gasteiger partial charge in [0.15, 0.2) is 0 Å². The summed E-state index contributed by atoms with van der Waals surface area (Å²) >= 11 is 0. The molecule has 3 heterocycles. The number of rotatable bonds is 9. The molecule has 3 unspecified atom stereocenters. The van der Waals surface area contributed by atoms with Gasteiger partial charge in [-0.2, -0.15) is 0 Å². The molecule has 8 rings (SSSR count). The monoisotopic (exact) mass is 668 g/mol. The molecule has 3 aliphatic rings. The molecule has 0 radical (unpaired) electrons. The topological polar surface area (TPSA) is 65.3 Å². The maximum Gasteiger partial charge on any atom is 0.127 e. The van der Waals surface area contributed by atoms with Crippen LogP contribution in [0, 0.1) is 6.92 Å². The van der Waals surface area contributed by atoms with Crippen molar-refractivity contribution in [3.8, 4) is 17.2 Å². The summed E-state index contributed by atoms with van der Waals surface area (Å²) in [4.78, 5) is 0. The van der Waals surface area contributed by atoms with Crippen molar-refractivity contribution in [1.29, 1.82) is 0 Å². The lowest BCUT2D eigenvalue weighted by atomic mass is 10.1. The fourth-order valence-corrected chi connectivity index (χ4v) is 4.40. The van der Waals surface area contributed by atoms with Crippen molar-refractivity contribution in [2.24, 2.45) is 0 Å². The normalized spacial score (nSPS) is 17.4. The molecule has 6 heteroatoms. The lowest BCUT2D eigenvalue weighted by Gasteiger charge is -2.07. The molecule has 5 aromatic carbocycles. The Kier molecular flexibility index (Phi) is 17.5. The van der Waals surface area contributed by atoms with Crippen molar-refractivity contribution in [2.45, 2.75) is 73.2 Å². The predicted molar refractivity (Wildman–Crippen MR) is 203 cm³/mol. The Bertz CT molecular complexity index is 1520. The molecule has 49 heavy (non-hydrogen) atoms. The van der Waals surface area contributed by atoms with E-state index in [-0.39, 0.29) is 7.43 Å². The molecule has 3 saturated heterocycles. The Morgan fingerprint density at radius 2 is 0.776 bits per heavy atom. The average molecular weight is 669 g/mol. The third-order valence-corrected chi connectivity index (χ3v) is 7.07. The summed E-state index contributed by atoms with van der Waals surface area (Å²) in [5, 5.41) is 4.76. The van der Waals surface area contributed by atoms with Crippen LogP contribution in [0.15, 0.2) is 109 Å². The van der Waals surface area contributed by atoms with E-state index in [9.17, 15) is 0 Å². The van der Waals surface area contributed by atoms with Crippen molar-refractivity contribution in [3.63, 3.8) is 0 Å². The van der Waals surface area contributed by atoms with Gasteiger partial charge in [0.25, 0.3) is 0 Å². The SMILES string of the molecule is C.CCC.CCC.Cc1ccccc1OCC1CO1.c1ccc2c(OCC3CO3)cccc2c1.c1ccc2c(OCC3CO3)cccc2c1. The van der Waals surface area contributed by atoms with Gasteiger partial charge >= 0.3 is 0 Å². The molecule has 6 nitrogen and oxygen atoms in total. The van der Waals surface area contributed by atoms with Crippen molar-refractivity contribution in [1.82, 2.24) is 0 Å². The summed E-state index contributed by atoms with van der Waals surface area (Å²) in [6.45, 7) is 15.1. The van der Waals surface area contributed by atoms with E-state index in [1.54, 1.807) is 0 Å². The number of hydrogen-bond donors (Lipinski definition) is 0. The molecular formula is C43H56O6.